The first-order valence-electron chi connectivity index (χ1n) is 8.52. The summed E-state index contributed by atoms with van der Waals surface area (Å²) in [5, 5.41) is 2.86. The van der Waals surface area contributed by atoms with E-state index in [1.165, 1.54) is 33.7 Å². The summed E-state index contributed by atoms with van der Waals surface area (Å²) in [6.45, 7) is 4.21. The first kappa shape index (κ1) is 20.6. The molecule has 5 nitrogen and oxygen atoms in total. The molecule has 0 unspecified atom stereocenters. The van der Waals surface area contributed by atoms with E-state index < -0.39 is 10.0 Å². The van der Waals surface area contributed by atoms with E-state index in [-0.39, 0.29) is 11.7 Å². The first-order valence-corrected chi connectivity index (χ1v) is 10.9. The molecule has 0 spiro atoms. The molecule has 1 amide bonds. The predicted molar refractivity (Wildman–Crippen MR) is 108 cm³/mol. The number of amides is 1. The van der Waals surface area contributed by atoms with E-state index >= 15 is 0 Å². The van der Waals surface area contributed by atoms with Gasteiger partial charge in [0, 0.05) is 36.0 Å². The number of rotatable bonds is 8. The standard InChI is InChI=1S/C19H26N2O3S2/c1-14-11-17(15(2)25-14)8-6-10-19(22)20-18-9-5-7-16(12-18)13-26(23,24)21(3)4/h5,7,9,11-12H,6,8,10,13H2,1-4H3,(H,20,22). The molecule has 0 saturated carbocycles. The third-order valence-electron chi connectivity index (χ3n) is 4.11. The van der Waals surface area contributed by atoms with Crippen molar-refractivity contribution in [2.45, 2.75) is 38.9 Å². The van der Waals surface area contributed by atoms with Crippen LogP contribution in [-0.2, 0) is 27.0 Å². The minimum Gasteiger partial charge on any atom is -0.326 e. The fourth-order valence-electron chi connectivity index (χ4n) is 2.67. The zero-order chi connectivity index (χ0) is 19.3. The maximum absolute atomic E-state index is 12.2. The van der Waals surface area contributed by atoms with Crippen LogP contribution < -0.4 is 5.32 Å². The minimum atomic E-state index is -3.32. The number of carbonyl (C=O) groups is 1. The van der Waals surface area contributed by atoms with Crippen molar-refractivity contribution in [3.8, 4) is 0 Å². The Kier molecular flexibility index (Phi) is 6.97. The van der Waals surface area contributed by atoms with Gasteiger partial charge in [0.1, 0.15) is 0 Å². The summed E-state index contributed by atoms with van der Waals surface area (Å²) < 4.78 is 25.2. The van der Waals surface area contributed by atoms with Crippen molar-refractivity contribution < 1.29 is 13.2 Å². The molecule has 0 atom stereocenters. The van der Waals surface area contributed by atoms with Gasteiger partial charge in [0.25, 0.3) is 0 Å². The normalized spacial score (nSPS) is 11.7. The Balaban J connectivity index is 1.89. The van der Waals surface area contributed by atoms with Crippen LogP contribution in [0.1, 0.15) is 33.7 Å². The lowest BCUT2D eigenvalue weighted by molar-refractivity contribution is -0.116. The molecular formula is C19H26N2O3S2. The molecule has 1 aromatic heterocycles. The number of aryl methyl sites for hydroxylation is 3. The maximum atomic E-state index is 12.2. The molecule has 0 saturated heterocycles. The van der Waals surface area contributed by atoms with Crippen LogP contribution in [0, 0.1) is 13.8 Å². The molecule has 0 bridgehead atoms. The second kappa shape index (κ2) is 8.79. The van der Waals surface area contributed by atoms with Gasteiger partial charge in [-0.25, -0.2) is 12.7 Å². The lowest BCUT2D eigenvalue weighted by atomic mass is 10.1. The van der Waals surface area contributed by atoms with Gasteiger partial charge in [0.05, 0.1) is 5.75 Å². The number of benzene rings is 1. The summed E-state index contributed by atoms with van der Waals surface area (Å²) in [6.07, 6.45) is 2.12. The van der Waals surface area contributed by atoms with Crippen molar-refractivity contribution in [3.05, 3.63) is 51.2 Å². The third kappa shape index (κ3) is 5.93. The van der Waals surface area contributed by atoms with Crippen molar-refractivity contribution in [3.63, 3.8) is 0 Å². The lowest BCUT2D eigenvalue weighted by Crippen LogP contribution is -2.23. The maximum Gasteiger partial charge on any atom is 0.224 e. The van der Waals surface area contributed by atoms with Crippen LogP contribution in [0.4, 0.5) is 5.69 Å². The molecule has 142 valence electrons. The summed E-state index contributed by atoms with van der Waals surface area (Å²) in [7, 11) is -0.299. The zero-order valence-corrected chi connectivity index (χ0v) is 17.3. The highest BCUT2D eigenvalue weighted by atomic mass is 32.2. The molecular weight excluding hydrogens is 368 g/mol. The van der Waals surface area contributed by atoms with Gasteiger partial charge in [0.15, 0.2) is 0 Å². The Bertz CT molecular complexity index is 871. The van der Waals surface area contributed by atoms with Crippen LogP contribution in [-0.4, -0.2) is 32.7 Å². The molecule has 0 radical (unpaired) electrons. The Hall–Kier alpha value is -1.70. The van der Waals surface area contributed by atoms with Gasteiger partial charge < -0.3 is 5.32 Å². The van der Waals surface area contributed by atoms with E-state index in [1.807, 2.05) is 0 Å². The quantitative estimate of drug-likeness (QED) is 0.742. The molecule has 1 N–H and O–H groups in total. The van der Waals surface area contributed by atoms with E-state index in [1.54, 1.807) is 35.6 Å². The molecule has 7 heteroatoms. The molecule has 2 rings (SSSR count). The highest BCUT2D eigenvalue weighted by molar-refractivity contribution is 7.88. The van der Waals surface area contributed by atoms with Crippen molar-refractivity contribution >= 4 is 33.0 Å². The fourth-order valence-corrected chi connectivity index (χ4v) is 4.51. The molecule has 1 heterocycles. The molecule has 26 heavy (non-hydrogen) atoms. The number of nitrogens with zero attached hydrogens (tertiary/aromatic N) is 1. The lowest BCUT2D eigenvalue weighted by Gasteiger charge is -2.12. The average molecular weight is 395 g/mol. The van der Waals surface area contributed by atoms with Gasteiger partial charge in [-0.2, -0.15) is 0 Å². The van der Waals surface area contributed by atoms with E-state index in [4.69, 9.17) is 0 Å². The molecule has 1 aromatic carbocycles. The Labute approximate surface area is 160 Å². The molecule has 2 aromatic rings. The second-order valence-electron chi connectivity index (χ2n) is 6.58. The number of anilines is 1. The number of thiophene rings is 1. The smallest absolute Gasteiger partial charge is 0.224 e. The molecule has 0 fully saturated rings. The summed E-state index contributed by atoms with van der Waals surface area (Å²) in [5.74, 6) is -0.136. The average Bonchev–Trinajstić information content (AvgIpc) is 2.84. The van der Waals surface area contributed by atoms with E-state index in [2.05, 4.69) is 25.2 Å². The van der Waals surface area contributed by atoms with Crippen LogP contribution in [0.5, 0.6) is 0 Å². The first-order chi connectivity index (χ1) is 12.2. The number of hydrogen-bond donors (Lipinski definition) is 1. The van der Waals surface area contributed by atoms with Crippen molar-refractivity contribution in [2.24, 2.45) is 0 Å². The van der Waals surface area contributed by atoms with Gasteiger partial charge in [-0.15, -0.1) is 11.3 Å². The van der Waals surface area contributed by atoms with Gasteiger partial charge in [-0.05, 0) is 56.0 Å². The fraction of sp³-hybridized carbons (Fsp3) is 0.421. The van der Waals surface area contributed by atoms with Crippen LogP contribution in [0.2, 0.25) is 0 Å². The number of hydrogen-bond acceptors (Lipinski definition) is 4. The zero-order valence-electron chi connectivity index (χ0n) is 15.7. The molecule has 0 aliphatic rings. The predicted octanol–water partition coefficient (Wildman–Crippen LogP) is 3.72. The van der Waals surface area contributed by atoms with Crippen LogP contribution in [0.15, 0.2) is 30.3 Å². The van der Waals surface area contributed by atoms with Crippen molar-refractivity contribution in [1.29, 1.82) is 0 Å². The van der Waals surface area contributed by atoms with Crippen LogP contribution in [0.25, 0.3) is 0 Å². The largest absolute Gasteiger partial charge is 0.326 e. The van der Waals surface area contributed by atoms with Gasteiger partial charge >= 0.3 is 0 Å². The van der Waals surface area contributed by atoms with E-state index in [0.717, 1.165) is 12.8 Å². The van der Waals surface area contributed by atoms with Gasteiger partial charge in [-0.1, -0.05) is 12.1 Å². The number of carbonyl (C=O) groups excluding carboxylic acids is 1. The monoisotopic (exact) mass is 394 g/mol. The second-order valence-corrected chi connectivity index (χ2v) is 10.2. The van der Waals surface area contributed by atoms with Crippen molar-refractivity contribution in [1.82, 2.24) is 4.31 Å². The minimum absolute atomic E-state index is 0.0535. The van der Waals surface area contributed by atoms with Crippen LogP contribution in [0.3, 0.4) is 0 Å². The topological polar surface area (TPSA) is 66.5 Å². The van der Waals surface area contributed by atoms with Gasteiger partial charge in [-0.3, -0.25) is 4.79 Å². The Morgan fingerprint density at radius 3 is 2.54 bits per heavy atom. The Morgan fingerprint density at radius 1 is 1.19 bits per heavy atom. The highest BCUT2D eigenvalue weighted by Gasteiger charge is 2.15. The summed E-state index contributed by atoms with van der Waals surface area (Å²) in [6, 6.07) is 9.18. The van der Waals surface area contributed by atoms with Crippen LogP contribution >= 0.6 is 11.3 Å². The van der Waals surface area contributed by atoms with Crippen molar-refractivity contribution in [2.75, 3.05) is 19.4 Å². The van der Waals surface area contributed by atoms with E-state index in [9.17, 15) is 13.2 Å². The molecule has 0 aliphatic carbocycles. The summed E-state index contributed by atoms with van der Waals surface area (Å²) >= 11 is 1.79. The molecule has 0 aliphatic heterocycles. The summed E-state index contributed by atoms with van der Waals surface area (Å²) in [4.78, 5) is 14.8. The Morgan fingerprint density at radius 2 is 1.92 bits per heavy atom. The SMILES string of the molecule is Cc1cc(CCCC(=O)Nc2cccc(CS(=O)(=O)N(C)C)c2)c(C)s1. The number of nitrogens with one attached hydrogen (secondary N) is 1. The van der Waals surface area contributed by atoms with E-state index in [0.29, 0.717) is 17.7 Å². The third-order valence-corrected chi connectivity index (χ3v) is 6.93. The number of sulfonamides is 1. The highest BCUT2D eigenvalue weighted by Crippen LogP contribution is 2.22. The van der Waals surface area contributed by atoms with Gasteiger partial charge in [0.2, 0.25) is 15.9 Å². The summed E-state index contributed by atoms with van der Waals surface area (Å²) in [5.41, 5.74) is 2.60.